The summed E-state index contributed by atoms with van der Waals surface area (Å²) < 4.78 is 3.72. The van der Waals surface area contributed by atoms with Crippen molar-refractivity contribution >= 4 is 17.8 Å². The molecule has 0 fully saturated rings. The van der Waals surface area contributed by atoms with Crippen LogP contribution in [-0.4, -0.2) is 18.2 Å². The fourth-order valence-corrected chi connectivity index (χ4v) is 0. The SMILES string of the molecule is CC(=O)O.COCl. The lowest BCUT2D eigenvalue weighted by atomic mass is 10.9. The lowest BCUT2D eigenvalue weighted by Crippen LogP contribution is -1.78. The third-order valence-electron chi connectivity index (χ3n) is 0. The van der Waals surface area contributed by atoms with Gasteiger partial charge >= 0.3 is 0 Å². The number of halogens is 1. The van der Waals surface area contributed by atoms with Crippen LogP contribution in [0.25, 0.3) is 0 Å². The van der Waals surface area contributed by atoms with Gasteiger partial charge in [0.1, 0.15) is 0 Å². The molecule has 0 saturated carbocycles. The van der Waals surface area contributed by atoms with Gasteiger partial charge in [-0.05, 0) is 0 Å². The summed E-state index contributed by atoms with van der Waals surface area (Å²) in [6, 6.07) is 0. The maximum Gasteiger partial charge on any atom is 0.300 e. The van der Waals surface area contributed by atoms with Crippen LogP contribution in [0, 0.1) is 0 Å². The fourth-order valence-electron chi connectivity index (χ4n) is 0. The highest BCUT2D eigenvalue weighted by Crippen LogP contribution is 1.59. The van der Waals surface area contributed by atoms with Gasteiger partial charge in [-0.1, -0.05) is 0 Å². The number of carboxylic acid groups (broad SMARTS) is 1. The van der Waals surface area contributed by atoms with E-state index in [9.17, 15) is 0 Å². The molecule has 4 heteroatoms. The molecule has 0 aromatic heterocycles. The van der Waals surface area contributed by atoms with Crippen molar-refractivity contribution in [1.29, 1.82) is 0 Å². The molecule has 44 valence electrons. The highest BCUT2D eigenvalue weighted by Gasteiger charge is 1.65. The van der Waals surface area contributed by atoms with Crippen molar-refractivity contribution < 1.29 is 14.2 Å². The zero-order chi connectivity index (χ0) is 6.28. The van der Waals surface area contributed by atoms with E-state index in [0.29, 0.717) is 0 Å². The molecular formula is C3H7ClO3. The number of carboxylic acids is 1. The van der Waals surface area contributed by atoms with Crippen molar-refractivity contribution in [3.05, 3.63) is 0 Å². The lowest BCUT2D eigenvalue weighted by Gasteiger charge is -1.59. The van der Waals surface area contributed by atoms with Crippen LogP contribution in [0.2, 0.25) is 0 Å². The molecular weight excluding hydrogens is 119 g/mol. The number of hydrogen-bond acceptors (Lipinski definition) is 2. The second kappa shape index (κ2) is 9.21. The van der Waals surface area contributed by atoms with Crippen molar-refractivity contribution in [2.24, 2.45) is 0 Å². The Bertz CT molecular complexity index is 41.4. The molecule has 7 heavy (non-hydrogen) atoms. The van der Waals surface area contributed by atoms with Crippen LogP contribution in [0.15, 0.2) is 0 Å². The molecule has 0 radical (unpaired) electrons. The Morgan fingerprint density at radius 3 is 1.86 bits per heavy atom. The van der Waals surface area contributed by atoms with E-state index in [1.165, 1.54) is 7.11 Å². The molecule has 0 rings (SSSR count). The Hall–Kier alpha value is -0.280. The average Bonchev–Trinajstić information content (AvgIpc) is 1.33. The average molecular weight is 127 g/mol. The van der Waals surface area contributed by atoms with Crippen molar-refractivity contribution in [1.82, 2.24) is 0 Å². The van der Waals surface area contributed by atoms with Crippen molar-refractivity contribution in [2.45, 2.75) is 6.92 Å². The predicted molar refractivity (Wildman–Crippen MR) is 26.2 cm³/mol. The standard InChI is InChI=1S/C2H4O2.CH3ClO/c1-2(3)4;1-3-2/h1H3,(H,3,4);1H3. The molecule has 0 amide bonds. The molecule has 1 N–H and O–H groups in total. The van der Waals surface area contributed by atoms with Crippen LogP contribution in [0.3, 0.4) is 0 Å². The number of rotatable bonds is 0. The number of hydrogen-bond donors (Lipinski definition) is 1. The van der Waals surface area contributed by atoms with Gasteiger partial charge in [0.05, 0.1) is 19.0 Å². The summed E-state index contributed by atoms with van der Waals surface area (Å²) in [4.78, 5) is 9.00. The Morgan fingerprint density at radius 1 is 1.86 bits per heavy atom. The van der Waals surface area contributed by atoms with Crippen LogP contribution in [0.5, 0.6) is 0 Å². The second-order valence-corrected chi connectivity index (χ2v) is 0.982. The van der Waals surface area contributed by atoms with Crippen LogP contribution < -0.4 is 0 Å². The molecule has 0 aliphatic rings. The normalized spacial score (nSPS) is 6.14. The molecule has 0 unspecified atom stereocenters. The van der Waals surface area contributed by atoms with E-state index in [4.69, 9.17) is 9.90 Å². The molecule has 0 aromatic carbocycles. The summed E-state index contributed by atoms with van der Waals surface area (Å²) in [7, 11) is 1.39. The first-order valence-corrected chi connectivity index (χ1v) is 1.80. The largest absolute Gasteiger partial charge is 0.481 e. The van der Waals surface area contributed by atoms with Gasteiger partial charge in [-0.3, -0.25) is 9.08 Å². The van der Waals surface area contributed by atoms with Crippen molar-refractivity contribution in [2.75, 3.05) is 7.11 Å². The quantitative estimate of drug-likeness (QED) is 0.524. The maximum absolute atomic E-state index is 9.00. The van der Waals surface area contributed by atoms with E-state index in [1.54, 1.807) is 0 Å². The topological polar surface area (TPSA) is 46.5 Å². The molecule has 0 saturated heterocycles. The van der Waals surface area contributed by atoms with Crippen LogP contribution in [0.1, 0.15) is 6.92 Å². The van der Waals surface area contributed by atoms with Crippen LogP contribution in [-0.2, 0) is 9.08 Å². The highest BCUT2D eigenvalue weighted by atomic mass is 35.5. The minimum Gasteiger partial charge on any atom is -0.481 e. The maximum atomic E-state index is 9.00. The Labute approximate surface area is 47.0 Å². The van der Waals surface area contributed by atoms with Crippen molar-refractivity contribution in [3.63, 3.8) is 0 Å². The molecule has 0 aliphatic heterocycles. The molecule has 0 bridgehead atoms. The van der Waals surface area contributed by atoms with Gasteiger partial charge in [0, 0.05) is 6.92 Å². The summed E-state index contributed by atoms with van der Waals surface area (Å²) in [6.07, 6.45) is 0. The third kappa shape index (κ3) is 1010. The van der Waals surface area contributed by atoms with Gasteiger partial charge in [-0.25, -0.2) is 0 Å². The van der Waals surface area contributed by atoms with E-state index in [0.717, 1.165) is 6.92 Å². The summed E-state index contributed by atoms with van der Waals surface area (Å²) >= 11 is 4.50. The molecule has 0 heterocycles. The van der Waals surface area contributed by atoms with Gasteiger partial charge in [0.2, 0.25) is 0 Å². The van der Waals surface area contributed by atoms with Crippen LogP contribution in [0.4, 0.5) is 0 Å². The van der Waals surface area contributed by atoms with E-state index in [-0.39, 0.29) is 0 Å². The summed E-state index contributed by atoms with van der Waals surface area (Å²) in [5.41, 5.74) is 0. The van der Waals surface area contributed by atoms with Crippen molar-refractivity contribution in [3.8, 4) is 0 Å². The molecule has 0 aliphatic carbocycles. The van der Waals surface area contributed by atoms with Gasteiger partial charge in [0.15, 0.2) is 0 Å². The van der Waals surface area contributed by atoms with Gasteiger partial charge in [-0.15, -0.1) is 0 Å². The second-order valence-electron chi connectivity index (χ2n) is 0.673. The predicted octanol–water partition coefficient (Wildman–Crippen LogP) is 0.877. The lowest BCUT2D eigenvalue weighted by molar-refractivity contribution is -0.134. The van der Waals surface area contributed by atoms with Crippen LogP contribution >= 0.6 is 11.9 Å². The molecule has 0 spiro atoms. The molecule has 3 nitrogen and oxygen atoms in total. The third-order valence-corrected chi connectivity index (χ3v) is 0. The first kappa shape index (κ1) is 9.87. The van der Waals surface area contributed by atoms with E-state index in [1.807, 2.05) is 0 Å². The summed E-state index contributed by atoms with van der Waals surface area (Å²) in [5, 5.41) is 7.42. The first-order valence-electron chi connectivity index (χ1n) is 1.49. The smallest absolute Gasteiger partial charge is 0.300 e. The minimum absolute atomic E-state index is 0.833. The summed E-state index contributed by atoms with van der Waals surface area (Å²) in [6.45, 7) is 1.08. The van der Waals surface area contributed by atoms with Gasteiger partial charge in [-0.2, -0.15) is 0 Å². The highest BCUT2D eigenvalue weighted by molar-refractivity contribution is 6.07. The Kier molecular flexibility index (Phi) is 13.0. The number of carbonyl (C=O) groups is 1. The molecule has 0 atom stereocenters. The first-order chi connectivity index (χ1) is 3.15. The number of aliphatic carboxylic acids is 1. The Balaban J connectivity index is 0. The van der Waals surface area contributed by atoms with E-state index < -0.39 is 5.97 Å². The van der Waals surface area contributed by atoms with Gasteiger partial charge in [0.25, 0.3) is 5.97 Å². The van der Waals surface area contributed by atoms with Gasteiger partial charge < -0.3 is 5.11 Å². The minimum atomic E-state index is -0.833. The zero-order valence-corrected chi connectivity index (χ0v) is 4.90. The monoisotopic (exact) mass is 126 g/mol. The zero-order valence-electron chi connectivity index (χ0n) is 4.14. The van der Waals surface area contributed by atoms with E-state index in [2.05, 4.69) is 16.2 Å². The fraction of sp³-hybridized carbons (Fsp3) is 0.667. The summed E-state index contributed by atoms with van der Waals surface area (Å²) in [5.74, 6) is -0.833. The Morgan fingerprint density at radius 2 is 1.86 bits per heavy atom. The van der Waals surface area contributed by atoms with E-state index >= 15 is 0 Å². The molecule has 0 aromatic rings.